The van der Waals surface area contributed by atoms with Crippen LogP contribution in [0.2, 0.25) is 0 Å². The van der Waals surface area contributed by atoms with Gasteiger partial charge in [0.05, 0.1) is 11.8 Å². The summed E-state index contributed by atoms with van der Waals surface area (Å²) in [5.74, 6) is -1.44. The van der Waals surface area contributed by atoms with Gasteiger partial charge in [-0.05, 0) is 0 Å². The van der Waals surface area contributed by atoms with Crippen LogP contribution in [-0.2, 0) is 12.7 Å². The summed E-state index contributed by atoms with van der Waals surface area (Å²) >= 11 is 0. The predicted molar refractivity (Wildman–Crippen MR) is 81.6 cm³/mol. The molecule has 0 aromatic carbocycles. The Hall–Kier alpha value is -2.14. The first-order chi connectivity index (χ1) is 12.2. The molecule has 26 heavy (non-hydrogen) atoms. The molecule has 0 bridgehead atoms. The number of carbonyl (C=O) groups is 1. The van der Waals surface area contributed by atoms with Gasteiger partial charge in [-0.1, -0.05) is 0 Å². The number of aromatic nitrogens is 2. The fourth-order valence-electron chi connectivity index (χ4n) is 2.98. The van der Waals surface area contributed by atoms with Crippen molar-refractivity contribution < 1.29 is 32.9 Å². The van der Waals surface area contributed by atoms with Crippen molar-refractivity contribution in [1.29, 1.82) is 0 Å². The van der Waals surface area contributed by atoms with Gasteiger partial charge in [0.15, 0.2) is 0 Å². The molecule has 2 fully saturated rings. The molecule has 2 N–H and O–H groups in total. The maximum atomic E-state index is 13.1. The van der Waals surface area contributed by atoms with Crippen molar-refractivity contribution in [2.24, 2.45) is 0 Å². The number of ether oxygens (including phenoxy) is 1. The van der Waals surface area contributed by atoms with E-state index >= 15 is 0 Å². The molecule has 0 atom stereocenters. The van der Waals surface area contributed by atoms with Gasteiger partial charge in [0.25, 0.3) is 0 Å². The lowest BCUT2D eigenvalue weighted by Crippen LogP contribution is -2.50. The van der Waals surface area contributed by atoms with E-state index in [1.54, 1.807) is 4.90 Å². The van der Waals surface area contributed by atoms with Gasteiger partial charge in [0.2, 0.25) is 11.7 Å². The van der Waals surface area contributed by atoms with Gasteiger partial charge >= 0.3 is 12.3 Å². The van der Waals surface area contributed by atoms with Crippen LogP contribution in [0.4, 0.5) is 18.0 Å². The summed E-state index contributed by atoms with van der Waals surface area (Å²) in [6.07, 6.45) is -5.83. The Morgan fingerprint density at radius 1 is 1.27 bits per heavy atom. The second-order valence-corrected chi connectivity index (χ2v) is 6.45. The minimum absolute atomic E-state index is 0.163. The van der Waals surface area contributed by atoms with E-state index in [0.717, 1.165) is 0 Å². The highest BCUT2D eigenvalue weighted by Gasteiger charge is 2.36. The van der Waals surface area contributed by atoms with Gasteiger partial charge in [-0.3, -0.25) is 4.90 Å². The highest BCUT2D eigenvalue weighted by Crippen LogP contribution is 2.29. The Bertz CT molecular complexity index is 659. The lowest BCUT2D eigenvalue weighted by molar-refractivity contribution is -0.145. The van der Waals surface area contributed by atoms with Crippen LogP contribution in [0.3, 0.4) is 0 Å². The standard InChI is InChI=1S/C15H19F3N4O4/c16-15(17,18)13-19-9(6-21-7-10(23)8-21)5-12(20-13)26-11-1-3-22(4-2-11)14(24)25/h5,10-11,23H,1-4,6-8H2,(H,24,25). The summed E-state index contributed by atoms with van der Waals surface area (Å²) in [7, 11) is 0. The number of β-amino-alcohol motifs (C(OH)–C–C–N with tert-alkyl or cyclic N) is 1. The first-order valence-corrected chi connectivity index (χ1v) is 8.21. The van der Waals surface area contributed by atoms with Gasteiger partial charge in [-0.15, -0.1) is 0 Å². The van der Waals surface area contributed by atoms with E-state index in [1.165, 1.54) is 11.0 Å². The lowest BCUT2D eigenvalue weighted by Gasteiger charge is -2.35. The third kappa shape index (κ3) is 4.52. The average Bonchev–Trinajstić information content (AvgIpc) is 2.53. The second-order valence-electron chi connectivity index (χ2n) is 6.45. The van der Waals surface area contributed by atoms with Crippen LogP contribution in [0.1, 0.15) is 24.4 Å². The van der Waals surface area contributed by atoms with Crippen molar-refractivity contribution in [2.75, 3.05) is 26.2 Å². The summed E-state index contributed by atoms with van der Waals surface area (Å²) in [5.41, 5.74) is 0.164. The van der Waals surface area contributed by atoms with E-state index < -0.39 is 30.3 Å². The van der Waals surface area contributed by atoms with Gasteiger partial charge < -0.3 is 19.8 Å². The van der Waals surface area contributed by atoms with Gasteiger partial charge in [0.1, 0.15) is 6.10 Å². The maximum absolute atomic E-state index is 13.1. The normalized spacial score (nSPS) is 20.1. The molecule has 0 unspecified atom stereocenters. The topological polar surface area (TPSA) is 99.0 Å². The summed E-state index contributed by atoms with van der Waals surface area (Å²) in [6, 6.07) is 1.36. The number of aliphatic hydroxyl groups excluding tert-OH is 1. The molecule has 0 saturated carbocycles. The quantitative estimate of drug-likeness (QED) is 0.814. The average molecular weight is 376 g/mol. The van der Waals surface area contributed by atoms with Crippen molar-refractivity contribution in [3.05, 3.63) is 17.6 Å². The number of likely N-dealkylation sites (tertiary alicyclic amines) is 2. The molecule has 1 amide bonds. The van der Waals surface area contributed by atoms with Crippen molar-refractivity contribution in [2.45, 2.75) is 37.8 Å². The number of hydrogen-bond acceptors (Lipinski definition) is 6. The Labute approximate surface area is 147 Å². The van der Waals surface area contributed by atoms with Crippen LogP contribution in [0.15, 0.2) is 6.07 Å². The molecule has 1 aromatic heterocycles. The Balaban J connectivity index is 1.70. The molecule has 1 aromatic rings. The number of carboxylic acid groups (broad SMARTS) is 1. The molecule has 0 aliphatic carbocycles. The molecular formula is C15H19F3N4O4. The van der Waals surface area contributed by atoms with Crippen LogP contribution in [0.25, 0.3) is 0 Å². The zero-order valence-corrected chi connectivity index (χ0v) is 13.8. The molecule has 8 nitrogen and oxygen atoms in total. The monoisotopic (exact) mass is 376 g/mol. The molecule has 3 rings (SSSR count). The first-order valence-electron chi connectivity index (χ1n) is 8.21. The second kappa shape index (κ2) is 7.23. The van der Waals surface area contributed by atoms with Gasteiger partial charge in [0, 0.05) is 51.6 Å². The zero-order valence-electron chi connectivity index (χ0n) is 13.8. The number of piperidine rings is 1. The fraction of sp³-hybridized carbons (Fsp3) is 0.667. The van der Waals surface area contributed by atoms with Crippen LogP contribution < -0.4 is 4.74 Å². The molecular weight excluding hydrogens is 357 g/mol. The Morgan fingerprint density at radius 3 is 2.46 bits per heavy atom. The van der Waals surface area contributed by atoms with Gasteiger partial charge in [-0.2, -0.15) is 18.2 Å². The van der Waals surface area contributed by atoms with Crippen LogP contribution in [-0.4, -0.2) is 74.5 Å². The first kappa shape index (κ1) is 18.6. The predicted octanol–water partition coefficient (Wildman–Crippen LogP) is 1.19. The molecule has 2 saturated heterocycles. The van der Waals surface area contributed by atoms with Crippen LogP contribution in [0, 0.1) is 0 Å². The fourth-order valence-corrected chi connectivity index (χ4v) is 2.98. The highest BCUT2D eigenvalue weighted by atomic mass is 19.4. The minimum Gasteiger partial charge on any atom is -0.474 e. The van der Waals surface area contributed by atoms with Crippen molar-refractivity contribution >= 4 is 6.09 Å². The minimum atomic E-state index is -4.70. The maximum Gasteiger partial charge on any atom is 0.451 e. The number of nitrogens with zero attached hydrogens (tertiary/aromatic N) is 4. The van der Waals surface area contributed by atoms with E-state index in [1.807, 2.05) is 0 Å². The summed E-state index contributed by atoms with van der Waals surface area (Å²) < 4.78 is 44.7. The van der Waals surface area contributed by atoms with Gasteiger partial charge in [-0.25, -0.2) is 9.78 Å². The molecule has 0 radical (unpaired) electrons. The summed E-state index contributed by atoms with van der Waals surface area (Å²) in [4.78, 5) is 20.9. The van der Waals surface area contributed by atoms with E-state index in [9.17, 15) is 23.1 Å². The van der Waals surface area contributed by atoms with E-state index in [2.05, 4.69) is 9.97 Å². The summed E-state index contributed by atoms with van der Waals surface area (Å²) in [6.45, 7) is 1.45. The number of hydrogen-bond donors (Lipinski definition) is 2. The van der Waals surface area contributed by atoms with E-state index in [-0.39, 0.29) is 31.2 Å². The van der Waals surface area contributed by atoms with Crippen molar-refractivity contribution in [1.82, 2.24) is 19.8 Å². The van der Waals surface area contributed by atoms with Crippen LogP contribution in [0.5, 0.6) is 5.88 Å². The molecule has 11 heteroatoms. The van der Waals surface area contributed by atoms with Crippen molar-refractivity contribution in [3.63, 3.8) is 0 Å². The smallest absolute Gasteiger partial charge is 0.451 e. The number of halogens is 3. The molecule has 3 heterocycles. The number of rotatable bonds is 4. The molecule has 2 aliphatic heterocycles. The SMILES string of the molecule is O=C(O)N1CCC(Oc2cc(CN3CC(O)C3)nc(C(F)(F)F)n2)CC1. The highest BCUT2D eigenvalue weighted by molar-refractivity contribution is 5.65. The molecule has 144 valence electrons. The van der Waals surface area contributed by atoms with Crippen molar-refractivity contribution in [3.8, 4) is 5.88 Å². The number of amides is 1. The number of alkyl halides is 3. The zero-order chi connectivity index (χ0) is 18.9. The molecule has 2 aliphatic rings. The largest absolute Gasteiger partial charge is 0.474 e. The number of aliphatic hydroxyl groups is 1. The van der Waals surface area contributed by atoms with E-state index in [0.29, 0.717) is 25.9 Å². The Morgan fingerprint density at radius 2 is 1.92 bits per heavy atom. The Kier molecular flexibility index (Phi) is 5.19. The molecule has 0 spiro atoms. The third-order valence-corrected chi connectivity index (χ3v) is 4.33. The lowest BCUT2D eigenvalue weighted by atomic mass is 10.1. The van der Waals surface area contributed by atoms with E-state index in [4.69, 9.17) is 9.84 Å². The third-order valence-electron chi connectivity index (χ3n) is 4.33. The summed E-state index contributed by atoms with van der Waals surface area (Å²) in [5, 5.41) is 18.2. The van der Waals surface area contributed by atoms with Crippen LogP contribution >= 0.6 is 0 Å².